The van der Waals surface area contributed by atoms with Crippen molar-refractivity contribution < 1.29 is 14.3 Å². The van der Waals surface area contributed by atoms with Crippen LogP contribution in [0.5, 0.6) is 11.5 Å². The molecule has 0 N–H and O–H groups in total. The molecule has 1 aliphatic rings. The summed E-state index contributed by atoms with van der Waals surface area (Å²) in [6.45, 7) is 7.58. The smallest absolute Gasteiger partial charge is 0.254 e. The third-order valence-corrected chi connectivity index (χ3v) is 4.87. The van der Waals surface area contributed by atoms with Crippen molar-refractivity contribution in [1.29, 1.82) is 0 Å². The number of aryl methyl sites for hydroxylation is 1. The van der Waals surface area contributed by atoms with Crippen LogP contribution >= 0.6 is 0 Å². The van der Waals surface area contributed by atoms with Gasteiger partial charge in [-0.15, -0.1) is 0 Å². The number of carbonyl (C=O) groups excluding carboxylic acids is 1. The van der Waals surface area contributed by atoms with Gasteiger partial charge in [-0.3, -0.25) is 4.79 Å². The standard InChI is InChI=1S/C21H25NO3/c1-14-6-8-15(9-7-14)20(23)22-12-16-10-18(24-4)19(25-5)11-17(16)21(2,3)13-22/h6-11H,12-13H2,1-5H3. The predicted octanol–water partition coefficient (Wildman–Crippen LogP) is 3.95. The molecule has 4 heteroatoms. The van der Waals surface area contributed by atoms with Gasteiger partial charge in [-0.2, -0.15) is 0 Å². The maximum absolute atomic E-state index is 13.0. The number of carbonyl (C=O) groups is 1. The summed E-state index contributed by atoms with van der Waals surface area (Å²) < 4.78 is 10.9. The molecule has 2 aromatic rings. The fraction of sp³-hybridized carbons (Fsp3) is 0.381. The molecule has 0 radical (unpaired) electrons. The van der Waals surface area contributed by atoms with Crippen LogP contribution in [0.4, 0.5) is 0 Å². The van der Waals surface area contributed by atoms with Crippen LogP contribution < -0.4 is 9.47 Å². The highest BCUT2D eigenvalue weighted by molar-refractivity contribution is 5.94. The molecule has 132 valence electrons. The molecule has 1 aliphatic heterocycles. The zero-order chi connectivity index (χ0) is 18.2. The quantitative estimate of drug-likeness (QED) is 0.850. The largest absolute Gasteiger partial charge is 0.493 e. The number of ether oxygens (including phenoxy) is 2. The van der Waals surface area contributed by atoms with Gasteiger partial charge in [0.1, 0.15) is 0 Å². The second-order valence-electron chi connectivity index (χ2n) is 7.28. The number of hydrogen-bond acceptors (Lipinski definition) is 3. The second kappa shape index (κ2) is 6.43. The first kappa shape index (κ1) is 17.3. The molecular formula is C21H25NO3. The van der Waals surface area contributed by atoms with Crippen LogP contribution in [0.2, 0.25) is 0 Å². The van der Waals surface area contributed by atoms with Crippen LogP contribution in [0.1, 0.15) is 40.9 Å². The van der Waals surface area contributed by atoms with Crippen molar-refractivity contribution in [3.8, 4) is 11.5 Å². The Balaban J connectivity index is 1.97. The van der Waals surface area contributed by atoms with Crippen molar-refractivity contribution in [2.24, 2.45) is 0 Å². The molecular weight excluding hydrogens is 314 g/mol. The molecule has 4 nitrogen and oxygen atoms in total. The van der Waals surface area contributed by atoms with E-state index in [-0.39, 0.29) is 11.3 Å². The average Bonchev–Trinajstić information content (AvgIpc) is 2.60. The van der Waals surface area contributed by atoms with E-state index in [0.29, 0.717) is 18.8 Å². The van der Waals surface area contributed by atoms with E-state index in [1.54, 1.807) is 14.2 Å². The minimum Gasteiger partial charge on any atom is -0.493 e. The summed E-state index contributed by atoms with van der Waals surface area (Å²) in [6.07, 6.45) is 0. The zero-order valence-corrected chi connectivity index (χ0v) is 15.6. The minimum atomic E-state index is -0.159. The van der Waals surface area contributed by atoms with Crippen molar-refractivity contribution in [2.45, 2.75) is 32.7 Å². The van der Waals surface area contributed by atoms with E-state index >= 15 is 0 Å². The van der Waals surface area contributed by atoms with Gasteiger partial charge in [0.2, 0.25) is 0 Å². The summed E-state index contributed by atoms with van der Waals surface area (Å²) in [6, 6.07) is 11.8. The number of amides is 1. The van der Waals surface area contributed by atoms with Gasteiger partial charge in [0, 0.05) is 24.1 Å². The Morgan fingerprint density at radius 1 is 1.04 bits per heavy atom. The summed E-state index contributed by atoms with van der Waals surface area (Å²) in [7, 11) is 3.28. The summed E-state index contributed by atoms with van der Waals surface area (Å²) in [4.78, 5) is 14.9. The Labute approximate surface area is 149 Å². The molecule has 0 saturated heterocycles. The lowest BCUT2D eigenvalue weighted by Gasteiger charge is -2.40. The highest BCUT2D eigenvalue weighted by atomic mass is 16.5. The van der Waals surface area contributed by atoms with Crippen LogP contribution in [0.25, 0.3) is 0 Å². The molecule has 25 heavy (non-hydrogen) atoms. The van der Waals surface area contributed by atoms with Crippen LogP contribution in [0.3, 0.4) is 0 Å². The molecule has 0 saturated carbocycles. The van der Waals surface area contributed by atoms with Gasteiger partial charge in [0.25, 0.3) is 5.91 Å². The number of rotatable bonds is 3. The van der Waals surface area contributed by atoms with Crippen molar-refractivity contribution in [3.05, 3.63) is 58.7 Å². The first-order valence-electron chi connectivity index (χ1n) is 8.47. The lowest BCUT2D eigenvalue weighted by molar-refractivity contribution is 0.0685. The van der Waals surface area contributed by atoms with E-state index in [2.05, 4.69) is 13.8 Å². The maximum Gasteiger partial charge on any atom is 0.254 e. The van der Waals surface area contributed by atoms with Crippen molar-refractivity contribution in [3.63, 3.8) is 0 Å². The van der Waals surface area contributed by atoms with Crippen LogP contribution in [0.15, 0.2) is 36.4 Å². The third kappa shape index (κ3) is 3.21. The number of fused-ring (bicyclic) bond motifs is 1. The van der Waals surface area contributed by atoms with Crippen LogP contribution in [0, 0.1) is 6.92 Å². The molecule has 0 aliphatic carbocycles. The Hall–Kier alpha value is -2.49. The van der Waals surface area contributed by atoms with Crippen molar-refractivity contribution in [2.75, 3.05) is 20.8 Å². The van der Waals surface area contributed by atoms with E-state index in [0.717, 1.165) is 22.4 Å². The van der Waals surface area contributed by atoms with E-state index in [1.807, 2.05) is 48.2 Å². The van der Waals surface area contributed by atoms with Gasteiger partial charge in [-0.05, 0) is 42.3 Å². The molecule has 3 rings (SSSR count). The highest BCUT2D eigenvalue weighted by Crippen LogP contribution is 2.40. The summed E-state index contributed by atoms with van der Waals surface area (Å²) >= 11 is 0. The van der Waals surface area contributed by atoms with Gasteiger partial charge in [-0.1, -0.05) is 31.5 Å². The van der Waals surface area contributed by atoms with E-state index in [1.165, 1.54) is 5.56 Å². The van der Waals surface area contributed by atoms with Gasteiger partial charge < -0.3 is 14.4 Å². The average molecular weight is 339 g/mol. The molecule has 2 aromatic carbocycles. The Bertz CT molecular complexity index is 794. The first-order chi connectivity index (χ1) is 11.9. The highest BCUT2D eigenvalue weighted by Gasteiger charge is 2.35. The fourth-order valence-electron chi connectivity index (χ4n) is 3.53. The molecule has 0 spiro atoms. The number of benzene rings is 2. The lowest BCUT2D eigenvalue weighted by Crippen LogP contribution is -2.45. The normalized spacial score (nSPS) is 15.5. The van der Waals surface area contributed by atoms with Crippen molar-refractivity contribution >= 4 is 5.91 Å². The van der Waals surface area contributed by atoms with Gasteiger partial charge in [0.05, 0.1) is 14.2 Å². The molecule has 0 unspecified atom stereocenters. The zero-order valence-electron chi connectivity index (χ0n) is 15.6. The maximum atomic E-state index is 13.0. The Morgan fingerprint density at radius 3 is 2.24 bits per heavy atom. The summed E-state index contributed by atoms with van der Waals surface area (Å²) in [5.41, 5.74) is 4.03. The second-order valence-corrected chi connectivity index (χ2v) is 7.28. The van der Waals surface area contributed by atoms with E-state index in [4.69, 9.17) is 9.47 Å². The molecule has 1 amide bonds. The predicted molar refractivity (Wildman–Crippen MR) is 98.5 cm³/mol. The summed E-state index contributed by atoms with van der Waals surface area (Å²) in [5, 5.41) is 0. The monoisotopic (exact) mass is 339 g/mol. The number of methoxy groups -OCH3 is 2. The molecule has 0 aromatic heterocycles. The third-order valence-electron chi connectivity index (χ3n) is 4.87. The molecule has 0 fully saturated rings. The summed E-state index contributed by atoms with van der Waals surface area (Å²) in [5.74, 6) is 1.49. The number of hydrogen-bond donors (Lipinski definition) is 0. The lowest BCUT2D eigenvalue weighted by atomic mass is 9.78. The van der Waals surface area contributed by atoms with E-state index < -0.39 is 0 Å². The van der Waals surface area contributed by atoms with Gasteiger partial charge in [-0.25, -0.2) is 0 Å². The Morgan fingerprint density at radius 2 is 1.64 bits per heavy atom. The van der Waals surface area contributed by atoms with Gasteiger partial charge >= 0.3 is 0 Å². The Kier molecular flexibility index (Phi) is 4.46. The van der Waals surface area contributed by atoms with Crippen LogP contribution in [-0.4, -0.2) is 31.6 Å². The van der Waals surface area contributed by atoms with Crippen molar-refractivity contribution in [1.82, 2.24) is 4.90 Å². The molecule has 1 heterocycles. The van der Waals surface area contributed by atoms with Gasteiger partial charge in [0.15, 0.2) is 11.5 Å². The fourth-order valence-corrected chi connectivity index (χ4v) is 3.53. The minimum absolute atomic E-state index is 0.0634. The molecule has 0 bridgehead atoms. The molecule has 0 atom stereocenters. The first-order valence-corrected chi connectivity index (χ1v) is 8.47. The number of nitrogens with zero attached hydrogens (tertiary/aromatic N) is 1. The SMILES string of the molecule is COc1cc2c(cc1OC)C(C)(C)CN(C(=O)c1ccc(C)cc1)C2. The van der Waals surface area contributed by atoms with E-state index in [9.17, 15) is 4.79 Å². The van der Waals surface area contributed by atoms with Crippen LogP contribution in [-0.2, 0) is 12.0 Å². The topological polar surface area (TPSA) is 38.8 Å².